The zero-order chi connectivity index (χ0) is 16.2. The molecular weight excluding hydrogens is 280 g/mol. The minimum absolute atomic E-state index is 0.0752. The number of rotatable bonds is 6. The summed E-state index contributed by atoms with van der Waals surface area (Å²) in [5.74, 6) is -2.66. The second kappa shape index (κ2) is 6.66. The molecule has 0 radical (unpaired) electrons. The average Bonchev–Trinajstić information content (AvgIpc) is 2.62. The van der Waals surface area contributed by atoms with Crippen LogP contribution in [0.15, 0.2) is 0 Å². The predicted molar refractivity (Wildman–Crippen MR) is 70.7 cm³/mol. The number of hydrogen-bond donors (Lipinski definition) is 2. The number of imide groups is 1. The first-order valence-corrected chi connectivity index (χ1v) is 6.67. The van der Waals surface area contributed by atoms with Crippen molar-refractivity contribution in [2.24, 2.45) is 0 Å². The molecule has 1 heterocycles. The van der Waals surface area contributed by atoms with Gasteiger partial charge in [-0.05, 0) is 27.2 Å². The molecule has 0 bridgehead atoms. The van der Waals surface area contributed by atoms with Crippen LogP contribution in [0.5, 0.6) is 0 Å². The number of nitrogens with one attached hydrogen (secondary N) is 1. The Bertz CT molecular complexity index is 438. The van der Waals surface area contributed by atoms with Crippen LogP contribution in [0.4, 0.5) is 0 Å². The van der Waals surface area contributed by atoms with Gasteiger partial charge in [0, 0.05) is 19.3 Å². The summed E-state index contributed by atoms with van der Waals surface area (Å²) in [7, 11) is 0. The van der Waals surface area contributed by atoms with Crippen molar-refractivity contribution >= 4 is 23.8 Å². The van der Waals surface area contributed by atoms with Crippen LogP contribution in [0.3, 0.4) is 0 Å². The van der Waals surface area contributed by atoms with Crippen LogP contribution in [0, 0.1) is 0 Å². The van der Waals surface area contributed by atoms with Crippen molar-refractivity contribution in [1.29, 1.82) is 0 Å². The molecule has 21 heavy (non-hydrogen) atoms. The van der Waals surface area contributed by atoms with Crippen LogP contribution < -0.4 is 5.43 Å². The Morgan fingerprint density at radius 3 is 2.24 bits per heavy atom. The monoisotopic (exact) mass is 300 g/mol. The number of amides is 2. The smallest absolute Gasteiger partial charge is 0.325 e. The lowest BCUT2D eigenvalue weighted by Crippen LogP contribution is -2.52. The molecule has 1 rings (SSSR count). The Labute approximate surface area is 122 Å². The van der Waals surface area contributed by atoms with Crippen molar-refractivity contribution < 1.29 is 29.0 Å². The minimum Gasteiger partial charge on any atom is -0.481 e. The third-order valence-electron chi connectivity index (χ3n) is 2.67. The molecule has 0 saturated carbocycles. The minimum atomic E-state index is -1.08. The maximum atomic E-state index is 12.0. The van der Waals surface area contributed by atoms with Gasteiger partial charge in [-0.2, -0.15) is 0 Å². The molecule has 1 aliphatic rings. The van der Waals surface area contributed by atoms with E-state index in [1.165, 1.54) is 0 Å². The number of ether oxygens (including phenoxy) is 1. The van der Waals surface area contributed by atoms with Crippen molar-refractivity contribution in [3.8, 4) is 0 Å². The Balaban J connectivity index is 2.76. The number of hydrazine groups is 1. The van der Waals surface area contributed by atoms with Gasteiger partial charge in [-0.1, -0.05) is 0 Å². The number of carbonyl (C=O) groups is 4. The van der Waals surface area contributed by atoms with Crippen LogP contribution in [0.1, 0.15) is 46.5 Å². The molecule has 0 spiro atoms. The molecule has 1 aliphatic heterocycles. The summed E-state index contributed by atoms with van der Waals surface area (Å²) in [5, 5.41) is 9.49. The third-order valence-corrected chi connectivity index (χ3v) is 2.67. The lowest BCUT2D eigenvalue weighted by Gasteiger charge is -2.26. The maximum absolute atomic E-state index is 12.0. The van der Waals surface area contributed by atoms with E-state index in [1.54, 1.807) is 20.8 Å². The molecule has 8 nitrogen and oxygen atoms in total. The first kappa shape index (κ1) is 17.1. The Morgan fingerprint density at radius 1 is 1.29 bits per heavy atom. The fourth-order valence-corrected chi connectivity index (χ4v) is 1.75. The molecule has 0 unspecified atom stereocenters. The highest BCUT2D eigenvalue weighted by molar-refractivity contribution is 6.01. The van der Waals surface area contributed by atoms with E-state index in [0.717, 1.165) is 5.01 Å². The summed E-state index contributed by atoms with van der Waals surface area (Å²) in [6.07, 6.45) is -0.216. The molecule has 0 aromatic rings. The van der Waals surface area contributed by atoms with Crippen LogP contribution in [-0.4, -0.2) is 45.5 Å². The zero-order valence-electron chi connectivity index (χ0n) is 12.3. The molecule has 118 valence electrons. The fourth-order valence-electron chi connectivity index (χ4n) is 1.75. The highest BCUT2D eigenvalue weighted by Gasteiger charge is 2.34. The van der Waals surface area contributed by atoms with Gasteiger partial charge in [0.1, 0.15) is 11.6 Å². The summed E-state index contributed by atoms with van der Waals surface area (Å²) in [4.78, 5) is 45.8. The van der Waals surface area contributed by atoms with Crippen molar-refractivity contribution in [2.45, 2.75) is 58.1 Å². The van der Waals surface area contributed by atoms with Crippen LogP contribution in [0.2, 0.25) is 0 Å². The average molecular weight is 300 g/mol. The highest BCUT2D eigenvalue weighted by Crippen LogP contribution is 2.14. The summed E-state index contributed by atoms with van der Waals surface area (Å²) < 4.78 is 5.17. The Hall–Kier alpha value is -1.96. The molecule has 1 saturated heterocycles. The summed E-state index contributed by atoms with van der Waals surface area (Å²) in [5.41, 5.74) is 1.74. The van der Waals surface area contributed by atoms with E-state index in [-0.39, 0.29) is 25.7 Å². The summed E-state index contributed by atoms with van der Waals surface area (Å²) in [6, 6.07) is -1.06. The molecular formula is C13H20N2O6. The van der Waals surface area contributed by atoms with Gasteiger partial charge in [0.2, 0.25) is 11.8 Å². The van der Waals surface area contributed by atoms with Gasteiger partial charge in [0.05, 0.1) is 0 Å². The second-order valence-electron chi connectivity index (χ2n) is 5.77. The molecule has 2 amide bonds. The predicted octanol–water partition coefficient (Wildman–Crippen LogP) is 0.215. The molecule has 0 aromatic heterocycles. The summed E-state index contributed by atoms with van der Waals surface area (Å²) in [6.45, 7) is 5.02. The number of esters is 1. The van der Waals surface area contributed by atoms with Crippen molar-refractivity contribution in [3.63, 3.8) is 0 Å². The zero-order valence-corrected chi connectivity index (χ0v) is 12.3. The van der Waals surface area contributed by atoms with Gasteiger partial charge < -0.3 is 9.84 Å². The van der Waals surface area contributed by atoms with Gasteiger partial charge in [-0.3, -0.25) is 19.2 Å². The normalized spacial score (nSPS) is 17.0. The van der Waals surface area contributed by atoms with Gasteiger partial charge in [0.25, 0.3) is 0 Å². The van der Waals surface area contributed by atoms with Gasteiger partial charge >= 0.3 is 11.9 Å². The molecule has 1 atom stereocenters. The SMILES string of the molecule is CC(C)(C)OC(=O)[C@H](CCC(=O)O)NN1C(=O)CCC1=O. The van der Waals surface area contributed by atoms with Crippen molar-refractivity contribution in [2.75, 3.05) is 0 Å². The third kappa shape index (κ3) is 5.50. The van der Waals surface area contributed by atoms with Gasteiger partial charge in [-0.25, -0.2) is 10.4 Å². The number of aliphatic carboxylic acids is 1. The van der Waals surface area contributed by atoms with E-state index < -0.39 is 35.4 Å². The first-order chi connectivity index (χ1) is 9.60. The van der Waals surface area contributed by atoms with E-state index in [4.69, 9.17) is 9.84 Å². The lowest BCUT2D eigenvalue weighted by atomic mass is 10.1. The number of carboxylic acids is 1. The standard InChI is InChI=1S/C13H20N2O6/c1-13(2,3)21-12(20)8(4-7-11(18)19)14-15-9(16)5-6-10(15)17/h8,14H,4-7H2,1-3H3,(H,18,19)/t8-/m0/s1. The molecule has 8 heteroatoms. The molecule has 0 aliphatic carbocycles. The fraction of sp³-hybridized carbons (Fsp3) is 0.692. The van der Waals surface area contributed by atoms with E-state index in [9.17, 15) is 19.2 Å². The topological polar surface area (TPSA) is 113 Å². The van der Waals surface area contributed by atoms with Gasteiger partial charge in [-0.15, -0.1) is 0 Å². The van der Waals surface area contributed by atoms with E-state index in [0.29, 0.717) is 0 Å². The van der Waals surface area contributed by atoms with Crippen molar-refractivity contribution in [3.05, 3.63) is 0 Å². The lowest BCUT2D eigenvalue weighted by molar-refractivity contribution is -0.160. The maximum Gasteiger partial charge on any atom is 0.325 e. The van der Waals surface area contributed by atoms with Crippen LogP contribution >= 0.6 is 0 Å². The molecule has 2 N–H and O–H groups in total. The van der Waals surface area contributed by atoms with Crippen molar-refractivity contribution in [1.82, 2.24) is 10.4 Å². The highest BCUT2D eigenvalue weighted by atomic mass is 16.6. The van der Waals surface area contributed by atoms with Crippen LogP contribution in [-0.2, 0) is 23.9 Å². The number of hydrogen-bond acceptors (Lipinski definition) is 6. The molecule has 1 fully saturated rings. The number of carbonyl (C=O) groups excluding carboxylic acids is 3. The number of nitrogens with zero attached hydrogens (tertiary/aromatic N) is 1. The second-order valence-corrected chi connectivity index (χ2v) is 5.77. The number of carboxylic acid groups (broad SMARTS) is 1. The quantitative estimate of drug-likeness (QED) is 0.532. The van der Waals surface area contributed by atoms with E-state index in [2.05, 4.69) is 5.43 Å². The first-order valence-electron chi connectivity index (χ1n) is 6.67. The van der Waals surface area contributed by atoms with Gasteiger partial charge in [0.15, 0.2) is 0 Å². The summed E-state index contributed by atoms with van der Waals surface area (Å²) >= 11 is 0. The largest absolute Gasteiger partial charge is 0.481 e. The van der Waals surface area contributed by atoms with Crippen LogP contribution in [0.25, 0.3) is 0 Å². The van der Waals surface area contributed by atoms with E-state index >= 15 is 0 Å². The van der Waals surface area contributed by atoms with E-state index in [1.807, 2.05) is 0 Å². The Kier molecular flexibility index (Phi) is 5.42. The molecule has 0 aromatic carbocycles. The Morgan fingerprint density at radius 2 is 1.81 bits per heavy atom.